The third-order valence-corrected chi connectivity index (χ3v) is 4.37. The van der Waals surface area contributed by atoms with E-state index < -0.39 is 0 Å². The van der Waals surface area contributed by atoms with E-state index in [1.54, 1.807) is 0 Å². The fourth-order valence-corrected chi connectivity index (χ4v) is 3.12. The predicted molar refractivity (Wildman–Crippen MR) is 90.4 cm³/mol. The van der Waals surface area contributed by atoms with Gasteiger partial charge in [-0.3, -0.25) is 9.59 Å². The van der Waals surface area contributed by atoms with Crippen LogP contribution in [-0.2, 0) is 17.6 Å². The largest absolute Gasteiger partial charge is 0.356 e. The Labute approximate surface area is 136 Å². The molecule has 3 heteroatoms. The van der Waals surface area contributed by atoms with E-state index in [1.807, 2.05) is 42.5 Å². The molecule has 0 heterocycles. The lowest BCUT2D eigenvalue weighted by Crippen LogP contribution is -2.36. The van der Waals surface area contributed by atoms with Crippen LogP contribution in [0.2, 0.25) is 0 Å². The van der Waals surface area contributed by atoms with Crippen molar-refractivity contribution in [1.82, 2.24) is 5.32 Å². The zero-order valence-corrected chi connectivity index (χ0v) is 13.1. The minimum atomic E-state index is -0.228. The molecule has 1 amide bonds. The Morgan fingerprint density at radius 1 is 1.00 bits per heavy atom. The topological polar surface area (TPSA) is 46.2 Å². The van der Waals surface area contributed by atoms with E-state index in [0.29, 0.717) is 19.4 Å². The van der Waals surface area contributed by atoms with Crippen molar-refractivity contribution < 1.29 is 9.59 Å². The highest BCUT2D eigenvalue weighted by atomic mass is 16.2. The van der Waals surface area contributed by atoms with Gasteiger partial charge in [-0.25, -0.2) is 0 Å². The molecule has 1 atom stereocenters. The summed E-state index contributed by atoms with van der Waals surface area (Å²) in [4.78, 5) is 24.4. The molecule has 2 aromatic carbocycles. The molecule has 1 unspecified atom stereocenters. The number of carbonyl (C=O) groups is 2. The molecule has 0 bridgehead atoms. The first-order valence-corrected chi connectivity index (χ1v) is 8.17. The average molecular weight is 307 g/mol. The number of Topliss-reactive ketones (excluding diaryl/α,β-unsaturated/α-hetero) is 1. The van der Waals surface area contributed by atoms with Crippen molar-refractivity contribution in [2.24, 2.45) is 5.92 Å². The Balaban J connectivity index is 1.49. The van der Waals surface area contributed by atoms with Crippen LogP contribution in [0.3, 0.4) is 0 Å². The second-order valence-electron chi connectivity index (χ2n) is 6.07. The van der Waals surface area contributed by atoms with Gasteiger partial charge in [-0.05, 0) is 30.4 Å². The van der Waals surface area contributed by atoms with Crippen LogP contribution in [0.1, 0.15) is 34.3 Å². The molecular formula is C20H21NO2. The Morgan fingerprint density at radius 2 is 1.74 bits per heavy atom. The van der Waals surface area contributed by atoms with E-state index in [-0.39, 0.29) is 17.6 Å². The molecule has 3 nitrogen and oxygen atoms in total. The van der Waals surface area contributed by atoms with E-state index in [0.717, 1.165) is 24.0 Å². The van der Waals surface area contributed by atoms with Crippen molar-refractivity contribution in [1.29, 1.82) is 0 Å². The summed E-state index contributed by atoms with van der Waals surface area (Å²) in [5.74, 6) is -0.147. The van der Waals surface area contributed by atoms with E-state index in [1.165, 1.54) is 5.56 Å². The first-order chi connectivity index (χ1) is 11.2. The van der Waals surface area contributed by atoms with Crippen LogP contribution in [-0.4, -0.2) is 18.2 Å². The summed E-state index contributed by atoms with van der Waals surface area (Å²) in [6.45, 7) is 0.653. The summed E-state index contributed by atoms with van der Waals surface area (Å²) in [6, 6.07) is 17.8. The zero-order valence-electron chi connectivity index (χ0n) is 13.1. The van der Waals surface area contributed by atoms with Crippen LogP contribution >= 0.6 is 0 Å². The van der Waals surface area contributed by atoms with Crippen LogP contribution < -0.4 is 5.32 Å². The third kappa shape index (κ3) is 3.86. The second-order valence-corrected chi connectivity index (χ2v) is 6.07. The van der Waals surface area contributed by atoms with Gasteiger partial charge in [0.25, 0.3) is 0 Å². The molecule has 1 aliphatic rings. The van der Waals surface area contributed by atoms with Crippen molar-refractivity contribution in [3.63, 3.8) is 0 Å². The summed E-state index contributed by atoms with van der Waals surface area (Å²) >= 11 is 0. The maximum Gasteiger partial charge on any atom is 0.223 e. The highest BCUT2D eigenvalue weighted by Crippen LogP contribution is 2.25. The quantitative estimate of drug-likeness (QED) is 0.862. The van der Waals surface area contributed by atoms with Gasteiger partial charge in [-0.15, -0.1) is 0 Å². The van der Waals surface area contributed by atoms with Crippen LogP contribution in [0, 0.1) is 5.92 Å². The van der Waals surface area contributed by atoms with Crippen LogP contribution in [0.15, 0.2) is 54.6 Å². The van der Waals surface area contributed by atoms with E-state index in [9.17, 15) is 9.59 Å². The molecule has 0 aromatic heterocycles. The number of fused-ring (bicyclic) bond motifs is 1. The van der Waals surface area contributed by atoms with E-state index >= 15 is 0 Å². The maximum absolute atomic E-state index is 12.3. The fraction of sp³-hybridized carbons (Fsp3) is 0.300. The molecule has 0 radical (unpaired) electrons. The number of benzene rings is 2. The monoisotopic (exact) mass is 307 g/mol. The first-order valence-electron chi connectivity index (χ1n) is 8.17. The van der Waals surface area contributed by atoms with Crippen LogP contribution in [0.4, 0.5) is 0 Å². The predicted octanol–water partition coefficient (Wildman–Crippen LogP) is 3.18. The van der Waals surface area contributed by atoms with Gasteiger partial charge in [0.2, 0.25) is 5.91 Å². The molecular weight excluding hydrogens is 286 g/mol. The molecule has 0 spiro atoms. The Hall–Kier alpha value is -2.42. The first kappa shape index (κ1) is 15.5. The smallest absolute Gasteiger partial charge is 0.223 e. The normalized spacial score (nSPS) is 16.7. The zero-order chi connectivity index (χ0) is 16.1. The van der Waals surface area contributed by atoms with Gasteiger partial charge >= 0.3 is 0 Å². The SMILES string of the molecule is O=C1CC(C(=O)NCCCc2ccccc2)Cc2ccccc21. The number of hydrogen-bond donors (Lipinski definition) is 1. The van der Waals surface area contributed by atoms with Gasteiger partial charge in [0.15, 0.2) is 5.78 Å². The molecule has 0 saturated carbocycles. The molecule has 1 aliphatic carbocycles. The van der Waals surface area contributed by atoms with Crippen molar-refractivity contribution in [2.75, 3.05) is 6.54 Å². The number of aryl methyl sites for hydroxylation is 1. The van der Waals surface area contributed by atoms with Crippen molar-refractivity contribution in [2.45, 2.75) is 25.7 Å². The average Bonchev–Trinajstić information content (AvgIpc) is 2.59. The van der Waals surface area contributed by atoms with E-state index in [2.05, 4.69) is 17.4 Å². The van der Waals surface area contributed by atoms with Crippen molar-refractivity contribution in [3.05, 3.63) is 71.3 Å². The number of amides is 1. The van der Waals surface area contributed by atoms with Gasteiger partial charge in [-0.1, -0.05) is 54.6 Å². The summed E-state index contributed by atoms with van der Waals surface area (Å²) in [7, 11) is 0. The molecule has 1 N–H and O–H groups in total. The highest BCUT2D eigenvalue weighted by molar-refractivity contribution is 6.01. The maximum atomic E-state index is 12.3. The number of carbonyl (C=O) groups excluding carboxylic acids is 2. The number of rotatable bonds is 5. The standard InChI is InChI=1S/C20H21NO2/c22-19-14-17(13-16-10-4-5-11-18(16)19)20(23)21-12-6-9-15-7-2-1-3-8-15/h1-5,7-8,10-11,17H,6,9,12-14H2,(H,21,23). The summed E-state index contributed by atoms with van der Waals surface area (Å²) in [6.07, 6.45) is 2.84. The summed E-state index contributed by atoms with van der Waals surface area (Å²) in [5.41, 5.74) is 3.05. The Bertz CT molecular complexity index is 694. The van der Waals surface area contributed by atoms with Crippen LogP contribution in [0.25, 0.3) is 0 Å². The molecule has 3 rings (SSSR count). The Kier molecular flexibility index (Phi) is 4.86. The second kappa shape index (κ2) is 7.23. The molecule has 2 aromatic rings. The number of hydrogen-bond acceptors (Lipinski definition) is 2. The molecule has 0 fully saturated rings. The van der Waals surface area contributed by atoms with E-state index in [4.69, 9.17) is 0 Å². The molecule has 118 valence electrons. The number of nitrogens with one attached hydrogen (secondary N) is 1. The lowest BCUT2D eigenvalue weighted by molar-refractivity contribution is -0.125. The lowest BCUT2D eigenvalue weighted by atomic mass is 9.82. The fourth-order valence-electron chi connectivity index (χ4n) is 3.12. The van der Waals surface area contributed by atoms with Gasteiger partial charge in [0.1, 0.15) is 0 Å². The summed E-state index contributed by atoms with van der Waals surface area (Å²) in [5, 5.41) is 2.98. The molecule has 23 heavy (non-hydrogen) atoms. The minimum Gasteiger partial charge on any atom is -0.356 e. The highest BCUT2D eigenvalue weighted by Gasteiger charge is 2.29. The van der Waals surface area contributed by atoms with Gasteiger partial charge in [0.05, 0.1) is 0 Å². The summed E-state index contributed by atoms with van der Waals surface area (Å²) < 4.78 is 0. The Morgan fingerprint density at radius 3 is 2.57 bits per heavy atom. The van der Waals surface area contributed by atoms with Gasteiger partial charge < -0.3 is 5.32 Å². The van der Waals surface area contributed by atoms with Crippen molar-refractivity contribution >= 4 is 11.7 Å². The lowest BCUT2D eigenvalue weighted by Gasteiger charge is -2.22. The molecule has 0 aliphatic heterocycles. The third-order valence-electron chi connectivity index (χ3n) is 4.37. The van der Waals surface area contributed by atoms with Gasteiger partial charge in [-0.2, -0.15) is 0 Å². The van der Waals surface area contributed by atoms with Crippen molar-refractivity contribution in [3.8, 4) is 0 Å². The minimum absolute atomic E-state index is 0.000847. The van der Waals surface area contributed by atoms with Crippen LogP contribution in [0.5, 0.6) is 0 Å². The van der Waals surface area contributed by atoms with Gasteiger partial charge in [0, 0.05) is 24.4 Å². The molecule has 0 saturated heterocycles. The number of ketones is 1.